The molecule has 2 aromatic carbocycles. The fourth-order valence-electron chi connectivity index (χ4n) is 1.37. The summed E-state index contributed by atoms with van der Waals surface area (Å²) >= 11 is 0. The molecule has 2 N–H and O–H groups in total. The van der Waals surface area contributed by atoms with E-state index >= 15 is 0 Å². The summed E-state index contributed by atoms with van der Waals surface area (Å²) in [6.07, 6.45) is 2.92. The quantitative estimate of drug-likeness (QED) is 0.855. The van der Waals surface area contributed by atoms with Gasteiger partial charge in [-0.25, -0.2) is 0 Å². The number of nitrogens with zero attached hydrogens (tertiary/aromatic N) is 2. The summed E-state index contributed by atoms with van der Waals surface area (Å²) in [5.74, 6) is 0.231. The Hall–Kier alpha value is -2.11. The molecule has 5 heteroatoms. The first-order chi connectivity index (χ1) is 8.77. The van der Waals surface area contributed by atoms with Crippen molar-refractivity contribution >= 4 is 23.8 Å². The molecule has 0 aliphatic heterocycles. The first-order valence-electron chi connectivity index (χ1n) is 5.40. The van der Waals surface area contributed by atoms with Gasteiger partial charge in [0.1, 0.15) is 22.9 Å². The van der Waals surface area contributed by atoms with E-state index in [1.165, 1.54) is 12.4 Å². The first kappa shape index (κ1) is 14.9. The smallest absolute Gasteiger partial charge is 0.506 e. The van der Waals surface area contributed by atoms with Crippen LogP contribution in [0.15, 0.2) is 58.5 Å². The maximum atomic E-state index is 9.47. The molecule has 19 heavy (non-hydrogen) atoms. The maximum absolute atomic E-state index is 9.47. The van der Waals surface area contributed by atoms with Gasteiger partial charge in [0.2, 0.25) is 0 Å². The van der Waals surface area contributed by atoms with Gasteiger partial charge in [0.05, 0.1) is 0 Å². The van der Waals surface area contributed by atoms with Gasteiger partial charge in [-0.3, -0.25) is 9.98 Å². The van der Waals surface area contributed by atoms with Gasteiger partial charge < -0.3 is 10.2 Å². The van der Waals surface area contributed by atoms with Crippen molar-refractivity contribution in [2.24, 2.45) is 9.98 Å². The molecule has 0 unspecified atom stereocenters. The van der Waals surface area contributed by atoms with E-state index in [1.807, 2.05) is 0 Å². The molecular formula is C14H12CoN2O2+2. The Morgan fingerprint density at radius 2 is 1.05 bits per heavy atom. The number of hydrogen-bond donors (Lipinski definition) is 2. The summed E-state index contributed by atoms with van der Waals surface area (Å²) in [7, 11) is 0. The summed E-state index contributed by atoms with van der Waals surface area (Å²) in [5, 5.41) is 18.9. The molecule has 0 amide bonds. The van der Waals surface area contributed by atoms with E-state index in [2.05, 4.69) is 9.98 Å². The third kappa shape index (κ3) is 4.24. The van der Waals surface area contributed by atoms with Gasteiger partial charge in [0.25, 0.3) is 0 Å². The van der Waals surface area contributed by atoms with Gasteiger partial charge in [-0.2, -0.15) is 0 Å². The van der Waals surface area contributed by atoms with Crippen molar-refractivity contribution in [3.05, 3.63) is 48.5 Å². The molecule has 0 bridgehead atoms. The first-order valence-corrected chi connectivity index (χ1v) is 5.40. The molecule has 0 aliphatic carbocycles. The van der Waals surface area contributed by atoms with Crippen LogP contribution in [-0.4, -0.2) is 22.6 Å². The second kappa shape index (κ2) is 7.35. The number of aromatic hydroxyl groups is 2. The predicted molar refractivity (Wildman–Crippen MR) is 72.5 cm³/mol. The van der Waals surface area contributed by atoms with Crippen LogP contribution in [-0.2, 0) is 16.8 Å². The molecule has 0 fully saturated rings. The number of rotatable bonds is 3. The van der Waals surface area contributed by atoms with Gasteiger partial charge in [-0.15, -0.1) is 0 Å². The fraction of sp³-hybridized carbons (Fsp3) is 0. The molecule has 0 saturated heterocycles. The van der Waals surface area contributed by atoms with Crippen molar-refractivity contribution in [2.45, 2.75) is 0 Å². The van der Waals surface area contributed by atoms with Crippen molar-refractivity contribution in [3.8, 4) is 11.5 Å². The Labute approximate surface area is 121 Å². The van der Waals surface area contributed by atoms with Gasteiger partial charge in [-0.1, -0.05) is 24.3 Å². The van der Waals surface area contributed by atoms with Crippen molar-refractivity contribution in [3.63, 3.8) is 0 Å². The maximum Gasteiger partial charge on any atom is 2.00 e. The Balaban J connectivity index is 0.00000180. The van der Waals surface area contributed by atoms with Crippen molar-refractivity contribution in [1.29, 1.82) is 0 Å². The SMILES string of the molecule is Oc1ccccc1N=CC=Nc1ccccc1O.[Co+2]. The molecule has 4 nitrogen and oxygen atoms in total. The summed E-state index contributed by atoms with van der Waals surface area (Å²) in [4.78, 5) is 8.09. The third-order valence-electron chi connectivity index (χ3n) is 2.26. The van der Waals surface area contributed by atoms with Crippen LogP contribution in [0.4, 0.5) is 11.4 Å². The van der Waals surface area contributed by atoms with Crippen LogP contribution in [0.1, 0.15) is 0 Å². The van der Waals surface area contributed by atoms with Gasteiger partial charge >= 0.3 is 16.8 Å². The number of para-hydroxylation sites is 4. The Morgan fingerprint density at radius 3 is 1.42 bits per heavy atom. The van der Waals surface area contributed by atoms with E-state index < -0.39 is 0 Å². The molecule has 2 aromatic rings. The molecule has 0 heterocycles. The Morgan fingerprint density at radius 1 is 0.684 bits per heavy atom. The summed E-state index contributed by atoms with van der Waals surface area (Å²) in [6.45, 7) is 0. The van der Waals surface area contributed by atoms with Crippen molar-refractivity contribution in [1.82, 2.24) is 0 Å². The van der Waals surface area contributed by atoms with E-state index in [1.54, 1.807) is 48.5 Å². The summed E-state index contributed by atoms with van der Waals surface area (Å²) in [5.41, 5.74) is 0.947. The average molecular weight is 299 g/mol. The fourth-order valence-corrected chi connectivity index (χ4v) is 1.37. The van der Waals surface area contributed by atoms with E-state index in [-0.39, 0.29) is 28.3 Å². The number of benzene rings is 2. The number of hydrogen-bond acceptors (Lipinski definition) is 4. The van der Waals surface area contributed by atoms with Crippen LogP contribution in [0.25, 0.3) is 0 Å². The van der Waals surface area contributed by atoms with E-state index in [0.717, 1.165) is 0 Å². The largest absolute Gasteiger partial charge is 2.00 e. The number of phenols is 2. The minimum Gasteiger partial charge on any atom is -0.506 e. The second-order valence-electron chi connectivity index (χ2n) is 3.53. The van der Waals surface area contributed by atoms with E-state index in [0.29, 0.717) is 11.4 Å². The zero-order valence-corrected chi connectivity index (χ0v) is 10.9. The van der Waals surface area contributed by atoms with Gasteiger partial charge in [0, 0.05) is 12.4 Å². The zero-order chi connectivity index (χ0) is 12.8. The normalized spacial score (nSPS) is 10.7. The van der Waals surface area contributed by atoms with Crippen LogP contribution in [0.3, 0.4) is 0 Å². The zero-order valence-electron chi connectivity index (χ0n) is 9.90. The molecule has 0 saturated carbocycles. The van der Waals surface area contributed by atoms with E-state index in [9.17, 15) is 10.2 Å². The van der Waals surface area contributed by atoms with Crippen LogP contribution in [0.2, 0.25) is 0 Å². The molecule has 1 radical (unpaired) electrons. The second-order valence-corrected chi connectivity index (χ2v) is 3.53. The molecular weight excluding hydrogens is 287 g/mol. The van der Waals surface area contributed by atoms with Gasteiger partial charge in [0.15, 0.2) is 0 Å². The van der Waals surface area contributed by atoms with Crippen LogP contribution >= 0.6 is 0 Å². The molecule has 0 spiro atoms. The van der Waals surface area contributed by atoms with Crippen LogP contribution in [0.5, 0.6) is 11.5 Å². The van der Waals surface area contributed by atoms with Gasteiger partial charge in [-0.05, 0) is 24.3 Å². The third-order valence-corrected chi connectivity index (χ3v) is 2.26. The van der Waals surface area contributed by atoms with Crippen LogP contribution < -0.4 is 0 Å². The standard InChI is InChI=1S/C14H12N2O2.Co/c17-13-7-3-1-5-11(13)15-9-10-16-12-6-2-4-8-14(12)18;/h1-10,17-18H;/q;+2. The molecule has 0 atom stereocenters. The minimum absolute atomic E-state index is 0. The number of aliphatic imine (C=N–C) groups is 2. The molecule has 2 rings (SSSR count). The topological polar surface area (TPSA) is 65.2 Å². The Kier molecular flexibility index (Phi) is 5.78. The molecule has 0 aromatic heterocycles. The summed E-state index contributed by atoms with van der Waals surface area (Å²) < 4.78 is 0. The minimum atomic E-state index is 0. The predicted octanol–water partition coefficient (Wildman–Crippen LogP) is 3.20. The van der Waals surface area contributed by atoms with Crippen molar-refractivity contribution < 1.29 is 27.0 Å². The molecule has 0 aliphatic rings. The van der Waals surface area contributed by atoms with Crippen molar-refractivity contribution in [2.75, 3.05) is 0 Å². The number of phenolic OH excluding ortho intramolecular Hbond substituents is 2. The average Bonchev–Trinajstić information content (AvgIpc) is 2.38. The molecule has 97 valence electrons. The summed E-state index contributed by atoms with van der Waals surface area (Å²) in [6, 6.07) is 13.5. The Bertz CT molecular complexity index is 544. The van der Waals surface area contributed by atoms with Crippen LogP contribution in [0, 0.1) is 0 Å². The van der Waals surface area contributed by atoms with E-state index in [4.69, 9.17) is 0 Å². The monoisotopic (exact) mass is 299 g/mol.